The van der Waals surface area contributed by atoms with Gasteiger partial charge < -0.3 is 10.6 Å². The first-order valence-electron chi connectivity index (χ1n) is 10.7. The zero-order valence-electron chi connectivity index (χ0n) is 17.5. The maximum atomic E-state index is 13.2. The molecule has 1 atom stereocenters. The number of amides is 1. The van der Waals surface area contributed by atoms with Gasteiger partial charge in [-0.2, -0.15) is 0 Å². The van der Waals surface area contributed by atoms with Gasteiger partial charge in [-0.1, -0.05) is 36.4 Å². The lowest BCUT2D eigenvalue weighted by molar-refractivity contribution is 0.0981. The number of carbonyl (C=O) groups excluding carboxylic acids is 2. The van der Waals surface area contributed by atoms with Crippen molar-refractivity contribution in [3.63, 3.8) is 0 Å². The van der Waals surface area contributed by atoms with E-state index >= 15 is 0 Å². The van der Waals surface area contributed by atoms with Gasteiger partial charge in [0.25, 0.3) is 0 Å². The van der Waals surface area contributed by atoms with Crippen LogP contribution in [-0.4, -0.2) is 34.2 Å². The average molecular weight is 412 g/mol. The predicted molar refractivity (Wildman–Crippen MR) is 119 cm³/mol. The molecule has 2 aromatic carbocycles. The Kier molecular flexibility index (Phi) is 4.77. The Morgan fingerprint density at radius 1 is 1.03 bits per heavy atom. The number of nitrogens with zero attached hydrogens (tertiary/aromatic N) is 3. The summed E-state index contributed by atoms with van der Waals surface area (Å²) in [5.41, 5.74) is 10.5. The van der Waals surface area contributed by atoms with Gasteiger partial charge in [-0.05, 0) is 44.7 Å². The van der Waals surface area contributed by atoms with Gasteiger partial charge in [0.1, 0.15) is 0 Å². The summed E-state index contributed by atoms with van der Waals surface area (Å²) < 4.78 is 0. The van der Waals surface area contributed by atoms with E-state index in [1.54, 1.807) is 36.4 Å². The van der Waals surface area contributed by atoms with Crippen molar-refractivity contribution in [3.8, 4) is 11.3 Å². The van der Waals surface area contributed by atoms with Crippen molar-refractivity contribution in [2.75, 3.05) is 11.4 Å². The second-order valence-electron chi connectivity index (χ2n) is 8.30. The summed E-state index contributed by atoms with van der Waals surface area (Å²) in [6.45, 7) is 3.13. The summed E-state index contributed by atoms with van der Waals surface area (Å²) in [4.78, 5) is 37.2. The van der Waals surface area contributed by atoms with Crippen molar-refractivity contribution in [2.45, 2.75) is 38.6 Å². The van der Waals surface area contributed by atoms with Crippen LogP contribution in [0, 0.1) is 0 Å². The van der Waals surface area contributed by atoms with Crippen LogP contribution in [0.1, 0.15) is 57.3 Å². The molecule has 5 rings (SSSR count). The summed E-state index contributed by atoms with van der Waals surface area (Å²) in [5, 5.41) is 0. The van der Waals surface area contributed by atoms with Crippen molar-refractivity contribution in [1.29, 1.82) is 0 Å². The van der Waals surface area contributed by atoms with E-state index in [4.69, 9.17) is 15.7 Å². The third kappa shape index (κ3) is 3.38. The van der Waals surface area contributed by atoms with Gasteiger partial charge in [-0.25, -0.2) is 9.97 Å². The standard InChI is InChI=1S/C25H24N4O2/c1-15-12-13-29(15)25-27-21-9-5-8-19(21)22(28-25)17-10-11-18(24(26)31)20(14-17)23(30)16-6-3-2-4-7-16/h2-4,6-7,10-11,14-15H,5,8-9,12-13H2,1H3,(H2,26,31)/t15-/m0/s1. The number of rotatable bonds is 5. The molecule has 1 fully saturated rings. The second kappa shape index (κ2) is 7.61. The predicted octanol–water partition coefficient (Wildman–Crippen LogP) is 3.56. The van der Waals surface area contributed by atoms with E-state index in [9.17, 15) is 9.59 Å². The minimum absolute atomic E-state index is 0.222. The van der Waals surface area contributed by atoms with Crippen molar-refractivity contribution < 1.29 is 9.59 Å². The van der Waals surface area contributed by atoms with Gasteiger partial charge in [0.05, 0.1) is 11.3 Å². The Morgan fingerprint density at radius 2 is 1.84 bits per heavy atom. The highest BCUT2D eigenvalue weighted by Crippen LogP contribution is 2.35. The third-order valence-electron chi connectivity index (χ3n) is 6.34. The van der Waals surface area contributed by atoms with Crippen molar-refractivity contribution in [3.05, 3.63) is 76.5 Å². The molecule has 1 saturated heterocycles. The number of nitrogens with two attached hydrogens (primary N) is 1. The first kappa shape index (κ1) is 19.4. The molecule has 1 amide bonds. The quantitative estimate of drug-likeness (QED) is 0.647. The molecule has 2 N–H and O–H groups in total. The van der Waals surface area contributed by atoms with Crippen molar-refractivity contribution in [2.24, 2.45) is 5.73 Å². The maximum Gasteiger partial charge on any atom is 0.249 e. The highest BCUT2D eigenvalue weighted by atomic mass is 16.1. The lowest BCUT2D eigenvalue weighted by atomic mass is 9.93. The smallest absolute Gasteiger partial charge is 0.249 e. The number of anilines is 1. The SMILES string of the molecule is C[C@H]1CCN1c1nc2c(c(-c3ccc(C(N)=O)c(C(=O)c4ccccc4)c3)n1)CCC2. The Morgan fingerprint density at radius 3 is 2.52 bits per heavy atom. The molecule has 0 saturated carbocycles. The molecule has 31 heavy (non-hydrogen) atoms. The van der Waals surface area contributed by atoms with Crippen LogP contribution in [0.15, 0.2) is 48.5 Å². The molecule has 6 nitrogen and oxygen atoms in total. The molecule has 6 heteroatoms. The molecule has 1 aliphatic carbocycles. The zero-order valence-corrected chi connectivity index (χ0v) is 17.5. The topological polar surface area (TPSA) is 89.2 Å². The first-order chi connectivity index (χ1) is 15.0. The summed E-state index contributed by atoms with van der Waals surface area (Å²) in [7, 11) is 0. The van der Waals surface area contributed by atoms with Crippen LogP contribution in [0.3, 0.4) is 0 Å². The molecule has 0 radical (unpaired) electrons. The first-order valence-corrected chi connectivity index (χ1v) is 10.7. The number of aryl methyl sites for hydroxylation is 1. The van der Waals surface area contributed by atoms with Crippen LogP contribution in [0.2, 0.25) is 0 Å². The number of benzene rings is 2. The number of aromatic nitrogens is 2. The molecular formula is C25H24N4O2. The van der Waals surface area contributed by atoms with E-state index in [1.165, 1.54) is 0 Å². The molecule has 2 heterocycles. The Hall–Kier alpha value is -3.54. The molecule has 1 aromatic heterocycles. The number of hydrogen-bond acceptors (Lipinski definition) is 5. The fraction of sp³-hybridized carbons (Fsp3) is 0.280. The van der Waals surface area contributed by atoms with Gasteiger partial charge in [0.15, 0.2) is 5.78 Å². The molecule has 2 aliphatic rings. The monoisotopic (exact) mass is 412 g/mol. The zero-order chi connectivity index (χ0) is 21.5. The Balaban J connectivity index is 1.65. The lowest BCUT2D eigenvalue weighted by Gasteiger charge is -2.39. The highest BCUT2D eigenvalue weighted by molar-refractivity contribution is 6.15. The number of ketones is 1. The molecule has 3 aromatic rings. The fourth-order valence-corrected chi connectivity index (χ4v) is 4.44. The van der Waals surface area contributed by atoms with E-state index in [1.807, 2.05) is 12.1 Å². The minimum atomic E-state index is -0.617. The fourth-order valence-electron chi connectivity index (χ4n) is 4.44. The summed E-state index contributed by atoms with van der Waals surface area (Å²) in [6, 6.07) is 14.6. The van der Waals surface area contributed by atoms with Gasteiger partial charge >= 0.3 is 0 Å². The van der Waals surface area contributed by atoms with Gasteiger partial charge in [-0.15, -0.1) is 0 Å². The molecule has 1 aliphatic heterocycles. The molecule has 0 spiro atoms. The lowest BCUT2D eigenvalue weighted by Crippen LogP contribution is -2.46. The number of carbonyl (C=O) groups is 2. The maximum absolute atomic E-state index is 13.2. The molecular weight excluding hydrogens is 388 g/mol. The van der Waals surface area contributed by atoms with Gasteiger partial charge in [0, 0.05) is 40.5 Å². The van der Waals surface area contributed by atoms with Gasteiger partial charge in [-0.3, -0.25) is 9.59 Å². The number of hydrogen-bond donors (Lipinski definition) is 1. The van der Waals surface area contributed by atoms with E-state index in [0.29, 0.717) is 17.2 Å². The van der Waals surface area contributed by atoms with Crippen LogP contribution < -0.4 is 10.6 Å². The van der Waals surface area contributed by atoms with Gasteiger partial charge in [0.2, 0.25) is 11.9 Å². The van der Waals surface area contributed by atoms with Crippen LogP contribution in [0.4, 0.5) is 5.95 Å². The largest absolute Gasteiger partial charge is 0.366 e. The molecule has 0 bridgehead atoms. The Bertz CT molecular complexity index is 1190. The molecule has 0 unspecified atom stereocenters. The summed E-state index contributed by atoms with van der Waals surface area (Å²) in [5.74, 6) is -0.0864. The summed E-state index contributed by atoms with van der Waals surface area (Å²) in [6.07, 6.45) is 4.04. The van der Waals surface area contributed by atoms with Crippen molar-refractivity contribution in [1.82, 2.24) is 9.97 Å². The second-order valence-corrected chi connectivity index (χ2v) is 8.30. The number of primary amides is 1. The van der Waals surface area contributed by atoms with E-state index in [0.717, 1.165) is 60.7 Å². The average Bonchev–Trinajstić information content (AvgIpc) is 3.26. The van der Waals surface area contributed by atoms with E-state index in [2.05, 4.69) is 11.8 Å². The van der Waals surface area contributed by atoms with E-state index in [-0.39, 0.29) is 11.3 Å². The van der Waals surface area contributed by atoms with Crippen LogP contribution in [0.25, 0.3) is 11.3 Å². The normalized spacial score (nSPS) is 17.2. The molecule has 156 valence electrons. The highest BCUT2D eigenvalue weighted by Gasteiger charge is 2.29. The summed E-state index contributed by atoms with van der Waals surface area (Å²) >= 11 is 0. The van der Waals surface area contributed by atoms with E-state index < -0.39 is 5.91 Å². The minimum Gasteiger partial charge on any atom is -0.366 e. The van der Waals surface area contributed by atoms with Crippen LogP contribution >= 0.6 is 0 Å². The third-order valence-corrected chi connectivity index (χ3v) is 6.34. The number of fused-ring (bicyclic) bond motifs is 1. The van der Waals surface area contributed by atoms with Crippen LogP contribution in [0.5, 0.6) is 0 Å². The van der Waals surface area contributed by atoms with Crippen LogP contribution in [-0.2, 0) is 12.8 Å². The Labute approximate surface area is 181 Å². The van der Waals surface area contributed by atoms with Crippen molar-refractivity contribution >= 4 is 17.6 Å².